The fourth-order valence-electron chi connectivity index (χ4n) is 5.47. The highest BCUT2D eigenvalue weighted by atomic mass is 28.2. The van der Waals surface area contributed by atoms with Crippen LogP contribution in [0.3, 0.4) is 0 Å². The third-order valence-corrected chi connectivity index (χ3v) is 8.33. The average Bonchev–Trinajstić information content (AvgIpc) is 2.98. The Hall–Kier alpha value is -0.693. The maximum absolute atomic E-state index is 2.54. The lowest BCUT2D eigenvalue weighted by molar-refractivity contribution is 0.395. The van der Waals surface area contributed by atoms with Gasteiger partial charge < -0.3 is 0 Å². The maximum atomic E-state index is 2.54. The molecule has 0 aliphatic heterocycles. The van der Waals surface area contributed by atoms with Crippen molar-refractivity contribution in [1.29, 1.82) is 0 Å². The maximum Gasteiger partial charge on any atom is 0.0107 e. The second-order valence-electron chi connectivity index (χ2n) is 8.50. The number of allylic oxidation sites excluding steroid dienone is 6. The van der Waals surface area contributed by atoms with E-state index in [-0.39, 0.29) is 0 Å². The first-order chi connectivity index (χ1) is 10.4. The van der Waals surface area contributed by atoms with E-state index in [0.29, 0.717) is 11.3 Å². The smallest absolute Gasteiger partial charge is 0.0107 e. The summed E-state index contributed by atoms with van der Waals surface area (Å²) in [6.45, 7) is 15.1. The van der Waals surface area contributed by atoms with E-state index in [2.05, 4.69) is 59.0 Å². The van der Waals surface area contributed by atoms with E-state index in [9.17, 15) is 0 Å². The Morgan fingerprint density at radius 2 is 1.91 bits per heavy atom. The van der Waals surface area contributed by atoms with Gasteiger partial charge in [0.1, 0.15) is 0 Å². The predicted molar refractivity (Wildman–Crippen MR) is 101 cm³/mol. The number of hydrogen-bond acceptors (Lipinski definition) is 0. The van der Waals surface area contributed by atoms with Gasteiger partial charge in [-0.05, 0) is 48.5 Å². The molecule has 3 unspecified atom stereocenters. The third-order valence-electron chi connectivity index (χ3n) is 6.41. The second-order valence-corrected chi connectivity index (χ2v) is 11.0. The van der Waals surface area contributed by atoms with E-state index >= 15 is 0 Å². The van der Waals surface area contributed by atoms with Crippen LogP contribution in [-0.2, 0) is 0 Å². The molecule has 0 bridgehead atoms. The molecule has 3 aliphatic rings. The van der Waals surface area contributed by atoms with E-state index in [1.807, 2.05) is 16.3 Å². The number of rotatable bonds is 1. The highest BCUT2D eigenvalue weighted by molar-refractivity contribution is 6.73. The molecule has 3 atom stereocenters. The molecule has 0 saturated heterocycles. The third kappa shape index (κ3) is 2.36. The van der Waals surface area contributed by atoms with Gasteiger partial charge in [0.25, 0.3) is 0 Å². The molecule has 0 saturated carbocycles. The first kappa shape index (κ1) is 16.2. The molecule has 0 radical (unpaired) electrons. The van der Waals surface area contributed by atoms with Crippen LogP contribution in [0.1, 0.15) is 53.4 Å². The molecule has 3 aliphatic carbocycles. The molecule has 22 heavy (non-hydrogen) atoms. The second kappa shape index (κ2) is 5.74. The van der Waals surface area contributed by atoms with Gasteiger partial charge in [-0.3, -0.25) is 0 Å². The Balaban J connectivity index is 2.19. The van der Waals surface area contributed by atoms with Crippen molar-refractivity contribution in [2.24, 2.45) is 23.2 Å². The van der Waals surface area contributed by atoms with Gasteiger partial charge in [-0.15, -0.1) is 0 Å². The summed E-state index contributed by atoms with van der Waals surface area (Å²) >= 11 is 0. The molecular weight excluding hydrogens is 280 g/mol. The zero-order valence-electron chi connectivity index (χ0n) is 15.3. The quantitative estimate of drug-likeness (QED) is 0.538. The van der Waals surface area contributed by atoms with E-state index in [1.54, 1.807) is 5.57 Å². The van der Waals surface area contributed by atoms with Crippen molar-refractivity contribution in [1.82, 2.24) is 0 Å². The summed E-state index contributed by atoms with van der Waals surface area (Å²) in [5, 5.41) is 1.87. The van der Waals surface area contributed by atoms with Crippen molar-refractivity contribution in [2.75, 3.05) is 0 Å². The van der Waals surface area contributed by atoms with Gasteiger partial charge in [-0.1, -0.05) is 75.3 Å². The van der Waals surface area contributed by atoms with Gasteiger partial charge >= 0.3 is 0 Å². The van der Waals surface area contributed by atoms with Crippen LogP contribution >= 0.6 is 0 Å². The zero-order chi connectivity index (χ0) is 16.1. The van der Waals surface area contributed by atoms with Gasteiger partial charge in [0, 0.05) is 14.3 Å². The lowest BCUT2D eigenvalue weighted by atomic mass is 9.72. The van der Waals surface area contributed by atoms with Crippen molar-refractivity contribution < 1.29 is 0 Å². The summed E-state index contributed by atoms with van der Waals surface area (Å²) in [5.74, 6) is 2.28. The molecule has 3 rings (SSSR count). The summed E-state index contributed by atoms with van der Waals surface area (Å²) in [4.78, 5) is 0. The van der Waals surface area contributed by atoms with Crippen LogP contribution in [0.2, 0.25) is 13.1 Å². The first-order valence-corrected chi connectivity index (χ1v) is 11.6. The average molecular weight is 313 g/mol. The van der Waals surface area contributed by atoms with Crippen LogP contribution in [0.25, 0.3) is 0 Å². The van der Waals surface area contributed by atoms with E-state index in [1.165, 1.54) is 25.7 Å². The predicted octanol–water partition coefficient (Wildman–Crippen LogP) is 5.79. The van der Waals surface area contributed by atoms with Crippen molar-refractivity contribution in [3.63, 3.8) is 0 Å². The molecule has 0 heterocycles. The van der Waals surface area contributed by atoms with Crippen molar-refractivity contribution in [3.05, 3.63) is 34.9 Å². The van der Waals surface area contributed by atoms with Gasteiger partial charge in [0.2, 0.25) is 0 Å². The molecule has 0 aromatic heterocycles. The van der Waals surface area contributed by atoms with Crippen LogP contribution in [0.15, 0.2) is 34.9 Å². The largest absolute Gasteiger partial charge is 0.0804 e. The van der Waals surface area contributed by atoms with Crippen LogP contribution < -0.4 is 0 Å². The fourth-order valence-corrected chi connectivity index (χ4v) is 7.83. The highest BCUT2D eigenvalue weighted by Crippen LogP contribution is 2.54. The zero-order valence-corrected chi connectivity index (χ0v) is 16.3. The van der Waals surface area contributed by atoms with Crippen LogP contribution in [0.4, 0.5) is 0 Å². The molecule has 0 N–H and O–H groups in total. The molecular formula is C21H32Si. The Kier molecular flexibility index (Phi) is 4.22. The van der Waals surface area contributed by atoms with Crippen molar-refractivity contribution in [2.45, 2.75) is 66.5 Å². The lowest BCUT2D eigenvalue weighted by Crippen LogP contribution is -2.34. The topological polar surface area (TPSA) is 0 Å². The highest BCUT2D eigenvalue weighted by Gasteiger charge is 2.48. The van der Waals surface area contributed by atoms with Gasteiger partial charge in [-0.2, -0.15) is 0 Å². The van der Waals surface area contributed by atoms with Crippen LogP contribution in [0, 0.1) is 23.2 Å². The van der Waals surface area contributed by atoms with Crippen LogP contribution in [-0.4, -0.2) is 13.6 Å². The first-order valence-electron chi connectivity index (χ1n) is 9.12. The van der Waals surface area contributed by atoms with Crippen LogP contribution in [0.5, 0.6) is 0 Å². The van der Waals surface area contributed by atoms with Crippen molar-refractivity contribution in [3.8, 4) is 0 Å². The molecule has 1 heteroatoms. The Labute approximate surface area is 138 Å². The van der Waals surface area contributed by atoms with Crippen molar-refractivity contribution >= 4 is 13.6 Å². The molecule has 0 aromatic carbocycles. The molecule has 120 valence electrons. The normalized spacial score (nSPS) is 33.8. The summed E-state index contributed by atoms with van der Waals surface area (Å²) in [6, 6.07) is 0. The summed E-state index contributed by atoms with van der Waals surface area (Å²) in [7, 11) is -0.409. The summed E-state index contributed by atoms with van der Waals surface area (Å²) < 4.78 is 0. The molecule has 0 nitrogen and oxygen atoms in total. The molecule has 0 spiro atoms. The summed E-state index contributed by atoms with van der Waals surface area (Å²) in [6.07, 6.45) is 12.3. The monoisotopic (exact) mass is 312 g/mol. The number of hydrogen-bond donors (Lipinski definition) is 0. The molecule has 0 aromatic rings. The van der Waals surface area contributed by atoms with E-state index in [4.69, 9.17) is 0 Å². The summed E-state index contributed by atoms with van der Waals surface area (Å²) in [5.41, 5.74) is 5.67. The van der Waals surface area contributed by atoms with Gasteiger partial charge in [-0.25, -0.2) is 0 Å². The standard InChI is InChI=1S/C21H32Si/c1-14-10-9-13-17-18(15(14)2)20(22(5)6)21(3,4)19(17)16-11-7-8-12-16/h7-8,11,14-15,19H,9-10,12-13H2,1-6H3. The Bertz CT molecular complexity index is 593. The minimum absolute atomic E-state index is 0.339. The minimum atomic E-state index is -0.409. The van der Waals surface area contributed by atoms with E-state index < -0.39 is 8.41 Å². The fraction of sp³-hybridized carbons (Fsp3) is 0.667. The lowest BCUT2D eigenvalue weighted by Gasteiger charge is -2.35. The van der Waals surface area contributed by atoms with E-state index in [0.717, 1.165) is 11.8 Å². The Morgan fingerprint density at radius 1 is 1.18 bits per heavy atom. The Morgan fingerprint density at radius 3 is 2.50 bits per heavy atom. The van der Waals surface area contributed by atoms with Gasteiger partial charge in [0.15, 0.2) is 0 Å². The van der Waals surface area contributed by atoms with Gasteiger partial charge in [0.05, 0.1) is 0 Å². The molecule has 0 amide bonds. The minimum Gasteiger partial charge on any atom is -0.0804 e. The SMILES string of the molecule is CC1CCCC2=C(C(=[Si](C)C)C(C)(C)C2C2=CC=CC2)C1C. The molecule has 0 fully saturated rings.